The quantitative estimate of drug-likeness (QED) is 0.723. The number of aromatic nitrogens is 2. The van der Waals surface area contributed by atoms with Crippen molar-refractivity contribution in [3.05, 3.63) is 17.7 Å². The zero-order valence-electron chi connectivity index (χ0n) is 9.73. The minimum atomic E-state index is 0.302. The third kappa shape index (κ3) is 2.38. The van der Waals surface area contributed by atoms with E-state index in [0.29, 0.717) is 6.10 Å². The molecule has 1 aromatic heterocycles. The van der Waals surface area contributed by atoms with Crippen LogP contribution in [0, 0.1) is 13.8 Å². The summed E-state index contributed by atoms with van der Waals surface area (Å²) in [6.07, 6.45) is 2.21. The van der Waals surface area contributed by atoms with Crippen LogP contribution < -0.4 is 0 Å². The molecule has 1 fully saturated rings. The Morgan fingerprint density at radius 3 is 2.93 bits per heavy atom. The normalized spacial score (nSPS) is 23.3. The molecule has 1 aliphatic heterocycles. The molecule has 2 rings (SSSR count). The topological polar surface area (TPSA) is 30.3 Å². The highest BCUT2D eigenvalue weighted by Gasteiger charge is 2.18. The number of nitrogens with zero attached hydrogens (tertiary/aromatic N) is 3. The maximum Gasteiger partial charge on any atom is 0.0952 e. The van der Waals surface area contributed by atoms with E-state index in [4.69, 9.17) is 4.74 Å². The van der Waals surface area contributed by atoms with Gasteiger partial charge in [-0.2, -0.15) is 0 Å². The van der Waals surface area contributed by atoms with E-state index in [-0.39, 0.29) is 0 Å². The van der Waals surface area contributed by atoms with Crippen molar-refractivity contribution in [1.29, 1.82) is 0 Å². The van der Waals surface area contributed by atoms with Gasteiger partial charge in [0.1, 0.15) is 0 Å². The number of rotatable bonds is 2. The summed E-state index contributed by atoms with van der Waals surface area (Å²) in [7, 11) is 2.14. The molecule has 1 aromatic rings. The number of hydrogen-bond donors (Lipinski definition) is 0. The Hall–Kier alpha value is -0.870. The van der Waals surface area contributed by atoms with Gasteiger partial charge in [-0.05, 0) is 20.9 Å². The molecule has 1 aliphatic rings. The Labute approximate surface area is 90.9 Å². The van der Waals surface area contributed by atoms with Crippen LogP contribution in [-0.2, 0) is 11.3 Å². The first-order valence-electron chi connectivity index (χ1n) is 5.45. The monoisotopic (exact) mass is 209 g/mol. The van der Waals surface area contributed by atoms with Gasteiger partial charge in [0.15, 0.2) is 0 Å². The molecule has 0 amide bonds. The van der Waals surface area contributed by atoms with Crippen molar-refractivity contribution in [3.63, 3.8) is 0 Å². The second kappa shape index (κ2) is 4.33. The zero-order chi connectivity index (χ0) is 10.8. The molecule has 1 unspecified atom stereocenters. The van der Waals surface area contributed by atoms with Gasteiger partial charge in [0.25, 0.3) is 0 Å². The minimum absolute atomic E-state index is 0.302. The van der Waals surface area contributed by atoms with Crippen LogP contribution in [-0.4, -0.2) is 47.3 Å². The highest BCUT2D eigenvalue weighted by atomic mass is 16.5. The van der Waals surface area contributed by atoms with E-state index in [2.05, 4.69) is 28.4 Å². The number of aryl methyl sites for hydroxylation is 1. The van der Waals surface area contributed by atoms with Crippen LogP contribution in [0.2, 0.25) is 0 Å². The molecular formula is C11H19N3O. The van der Waals surface area contributed by atoms with Gasteiger partial charge in [-0.1, -0.05) is 0 Å². The molecule has 4 nitrogen and oxygen atoms in total. The van der Waals surface area contributed by atoms with E-state index in [0.717, 1.165) is 31.9 Å². The van der Waals surface area contributed by atoms with Gasteiger partial charge < -0.3 is 14.2 Å². The van der Waals surface area contributed by atoms with Gasteiger partial charge in [0.2, 0.25) is 0 Å². The fourth-order valence-corrected chi connectivity index (χ4v) is 1.92. The highest BCUT2D eigenvalue weighted by molar-refractivity contribution is 5.08. The lowest BCUT2D eigenvalue weighted by Crippen LogP contribution is -2.42. The summed E-state index contributed by atoms with van der Waals surface area (Å²) in [6, 6.07) is 0. The van der Waals surface area contributed by atoms with Gasteiger partial charge in [-0.3, -0.25) is 0 Å². The van der Waals surface area contributed by atoms with Crippen molar-refractivity contribution in [1.82, 2.24) is 14.5 Å². The van der Waals surface area contributed by atoms with Gasteiger partial charge >= 0.3 is 0 Å². The Kier molecular flexibility index (Phi) is 3.07. The predicted octanol–water partition coefficient (Wildman–Crippen LogP) is 0.831. The van der Waals surface area contributed by atoms with Gasteiger partial charge in [-0.15, -0.1) is 0 Å². The SMILES string of the molecule is Cc1ncn(CC2CN(C)CCO2)c1C. The first-order chi connectivity index (χ1) is 7.16. The van der Waals surface area contributed by atoms with Crippen molar-refractivity contribution in [3.8, 4) is 0 Å². The number of hydrogen-bond acceptors (Lipinski definition) is 3. The van der Waals surface area contributed by atoms with E-state index >= 15 is 0 Å². The second-order valence-electron chi connectivity index (χ2n) is 4.32. The van der Waals surface area contributed by atoms with Crippen molar-refractivity contribution < 1.29 is 4.74 Å². The molecule has 0 N–H and O–H groups in total. The lowest BCUT2D eigenvalue weighted by molar-refractivity contribution is -0.0277. The fourth-order valence-electron chi connectivity index (χ4n) is 1.92. The molecule has 1 saturated heterocycles. The molecule has 4 heteroatoms. The summed E-state index contributed by atoms with van der Waals surface area (Å²) < 4.78 is 7.91. The van der Waals surface area contributed by atoms with Crippen molar-refractivity contribution in [2.45, 2.75) is 26.5 Å². The fraction of sp³-hybridized carbons (Fsp3) is 0.727. The van der Waals surface area contributed by atoms with Crippen molar-refractivity contribution in [2.75, 3.05) is 26.7 Å². The van der Waals surface area contributed by atoms with Crippen LogP contribution in [0.3, 0.4) is 0 Å². The third-order valence-electron chi connectivity index (χ3n) is 3.09. The van der Waals surface area contributed by atoms with Crippen LogP contribution in [0.15, 0.2) is 6.33 Å². The molecule has 0 bridgehead atoms. The van der Waals surface area contributed by atoms with E-state index in [1.165, 1.54) is 5.69 Å². The lowest BCUT2D eigenvalue weighted by atomic mass is 10.2. The maximum absolute atomic E-state index is 5.73. The number of imidazole rings is 1. The van der Waals surface area contributed by atoms with Crippen LogP contribution in [0.25, 0.3) is 0 Å². The lowest BCUT2D eigenvalue weighted by Gasteiger charge is -2.30. The number of ether oxygens (including phenoxy) is 1. The second-order valence-corrected chi connectivity index (χ2v) is 4.32. The van der Waals surface area contributed by atoms with Gasteiger partial charge in [-0.25, -0.2) is 4.98 Å². The molecule has 0 aromatic carbocycles. The van der Waals surface area contributed by atoms with Crippen LogP contribution in [0.1, 0.15) is 11.4 Å². The summed E-state index contributed by atoms with van der Waals surface area (Å²) in [5, 5.41) is 0. The maximum atomic E-state index is 5.73. The summed E-state index contributed by atoms with van der Waals surface area (Å²) >= 11 is 0. The van der Waals surface area contributed by atoms with Crippen LogP contribution in [0.4, 0.5) is 0 Å². The number of likely N-dealkylation sites (N-methyl/N-ethyl adjacent to an activating group) is 1. The van der Waals surface area contributed by atoms with E-state index in [1.54, 1.807) is 0 Å². The van der Waals surface area contributed by atoms with Crippen LogP contribution in [0.5, 0.6) is 0 Å². The molecule has 0 radical (unpaired) electrons. The standard InChI is InChI=1S/C11H19N3O/c1-9-10(2)14(8-12-9)7-11-6-13(3)4-5-15-11/h8,11H,4-7H2,1-3H3. The molecule has 84 valence electrons. The Morgan fingerprint density at radius 1 is 1.53 bits per heavy atom. The predicted molar refractivity (Wildman–Crippen MR) is 58.9 cm³/mol. The molecule has 1 atom stereocenters. The summed E-state index contributed by atoms with van der Waals surface area (Å²) in [4.78, 5) is 6.61. The molecular weight excluding hydrogens is 190 g/mol. The average Bonchev–Trinajstić information content (AvgIpc) is 2.50. The summed E-state index contributed by atoms with van der Waals surface area (Å²) in [6.45, 7) is 7.95. The Morgan fingerprint density at radius 2 is 2.33 bits per heavy atom. The summed E-state index contributed by atoms with van der Waals surface area (Å²) in [5.74, 6) is 0. The van der Waals surface area contributed by atoms with Crippen molar-refractivity contribution >= 4 is 0 Å². The van der Waals surface area contributed by atoms with E-state index in [1.807, 2.05) is 13.3 Å². The third-order valence-corrected chi connectivity index (χ3v) is 3.09. The van der Waals surface area contributed by atoms with E-state index < -0.39 is 0 Å². The molecule has 0 spiro atoms. The first kappa shape index (κ1) is 10.6. The van der Waals surface area contributed by atoms with E-state index in [9.17, 15) is 0 Å². The smallest absolute Gasteiger partial charge is 0.0952 e. The van der Waals surface area contributed by atoms with Gasteiger partial charge in [0.05, 0.1) is 31.3 Å². The Balaban J connectivity index is 1.99. The largest absolute Gasteiger partial charge is 0.374 e. The van der Waals surface area contributed by atoms with Crippen molar-refractivity contribution in [2.24, 2.45) is 0 Å². The average molecular weight is 209 g/mol. The minimum Gasteiger partial charge on any atom is -0.374 e. The Bertz CT molecular complexity index is 335. The molecule has 0 saturated carbocycles. The molecule has 15 heavy (non-hydrogen) atoms. The number of morpholine rings is 1. The zero-order valence-corrected chi connectivity index (χ0v) is 9.73. The summed E-state index contributed by atoms with van der Waals surface area (Å²) in [5.41, 5.74) is 2.35. The first-order valence-corrected chi connectivity index (χ1v) is 5.45. The highest BCUT2D eigenvalue weighted by Crippen LogP contribution is 2.09. The molecule has 2 heterocycles. The van der Waals surface area contributed by atoms with Gasteiger partial charge in [0, 0.05) is 18.8 Å². The van der Waals surface area contributed by atoms with Crippen LogP contribution >= 0.6 is 0 Å². The molecule has 0 aliphatic carbocycles.